The van der Waals surface area contributed by atoms with Crippen molar-refractivity contribution in [3.8, 4) is 5.75 Å². The molecule has 6 rings (SSSR count). The number of anilines is 1. The van der Waals surface area contributed by atoms with Gasteiger partial charge in [-0.25, -0.2) is 13.1 Å². The first-order chi connectivity index (χ1) is 20.3. The van der Waals surface area contributed by atoms with Gasteiger partial charge in [0.1, 0.15) is 12.4 Å². The van der Waals surface area contributed by atoms with Crippen molar-refractivity contribution in [1.82, 2.24) is 4.72 Å². The molecule has 1 aliphatic carbocycles. The minimum atomic E-state index is -4.08. The van der Waals surface area contributed by atoms with Gasteiger partial charge >= 0.3 is 0 Å². The number of carbonyl (C=O) groups excluding carboxylic acids is 1. The number of hydrogen-bond donors (Lipinski definition) is 1. The van der Waals surface area contributed by atoms with Crippen molar-refractivity contribution < 1.29 is 17.9 Å². The van der Waals surface area contributed by atoms with Crippen molar-refractivity contribution in [2.24, 2.45) is 11.8 Å². The van der Waals surface area contributed by atoms with Crippen molar-refractivity contribution in [1.29, 1.82) is 0 Å². The highest BCUT2D eigenvalue weighted by Gasteiger charge is 2.34. The minimum absolute atomic E-state index is 0.00361. The minimum Gasteiger partial charge on any atom is -0.487 e. The number of halogens is 1. The Morgan fingerprint density at radius 3 is 2.69 bits per heavy atom. The van der Waals surface area contributed by atoms with Crippen LogP contribution in [-0.2, 0) is 34.3 Å². The summed E-state index contributed by atoms with van der Waals surface area (Å²) < 4.78 is 35.7. The van der Waals surface area contributed by atoms with Crippen LogP contribution in [-0.4, -0.2) is 38.5 Å². The maximum Gasteiger partial charge on any atom is 0.264 e. The number of rotatable bonds is 0. The number of sulfonamides is 1. The Bertz CT molecular complexity index is 1640. The molecule has 0 saturated heterocycles. The van der Waals surface area contributed by atoms with Gasteiger partial charge in [0.2, 0.25) is 5.91 Å². The molecule has 42 heavy (non-hydrogen) atoms. The molecule has 1 amide bonds. The summed E-state index contributed by atoms with van der Waals surface area (Å²) in [5.74, 6) is 2.31. The molecule has 2 heterocycles. The highest BCUT2D eigenvalue weighted by molar-refractivity contribution is 8.15. The Morgan fingerprint density at radius 1 is 1.02 bits per heavy atom. The molecule has 3 aromatic rings. The lowest BCUT2D eigenvalue weighted by atomic mass is 9.74. The van der Waals surface area contributed by atoms with Gasteiger partial charge in [-0.2, -0.15) is 10.5 Å². The maximum absolute atomic E-state index is 13.5. The Kier molecular flexibility index (Phi) is 8.66. The number of nitrogens with one attached hydrogen (secondary N) is 1. The van der Waals surface area contributed by atoms with E-state index in [0.29, 0.717) is 24.2 Å². The van der Waals surface area contributed by atoms with Crippen LogP contribution >= 0.6 is 22.1 Å². The van der Waals surface area contributed by atoms with Crippen molar-refractivity contribution in [3.05, 3.63) is 82.4 Å². The topological polar surface area (TPSA) is 75.7 Å². The third-order valence-electron chi connectivity index (χ3n) is 8.78. The van der Waals surface area contributed by atoms with Crippen LogP contribution in [0, 0.1) is 11.8 Å². The second-order valence-corrected chi connectivity index (χ2v) is 15.8. The first-order valence-corrected chi connectivity index (χ1v) is 18.0. The molecule has 4 bridgehead atoms. The smallest absolute Gasteiger partial charge is 0.264 e. The third kappa shape index (κ3) is 6.41. The summed E-state index contributed by atoms with van der Waals surface area (Å²) in [6.07, 6.45) is 5.23. The first-order valence-electron chi connectivity index (χ1n) is 14.7. The SMILES string of the molecule is C/C=S1/C[C@@H]2CC[C@H]2CN2CCCCc3cc(Cl)ccc3COc3ccc(cc32)S(=O)(=O)NC(=O)Cc2cccc1c2. The fourth-order valence-corrected chi connectivity index (χ4v) is 9.59. The number of fused-ring (bicyclic) bond motifs is 5. The standard InChI is InChI=1S/C33H37ClN2O4S2/c1-2-41-22-27-10-9-25(27)20-36-15-4-3-7-24-18-28(34)12-11-26(24)21-40-32-14-13-30(19-31(32)36)42(38,39)35-33(37)17-23-6-5-8-29(41)16-23/h2,5-6,8,11-14,16,18-19,25,27H,3-4,7,9-10,15,17,20-22H2,1H3,(H,35,37)/t25-,27-,41?/m0/s1. The van der Waals surface area contributed by atoms with E-state index in [2.05, 4.69) is 34.0 Å². The van der Waals surface area contributed by atoms with Gasteiger partial charge in [0.15, 0.2) is 0 Å². The van der Waals surface area contributed by atoms with Crippen LogP contribution in [0.1, 0.15) is 49.3 Å². The summed E-state index contributed by atoms with van der Waals surface area (Å²) in [4.78, 5) is 16.6. The summed E-state index contributed by atoms with van der Waals surface area (Å²) in [6, 6.07) is 19.0. The molecular weight excluding hydrogens is 588 g/mol. The predicted molar refractivity (Wildman–Crippen MR) is 172 cm³/mol. The van der Waals surface area contributed by atoms with Crippen LogP contribution in [0.3, 0.4) is 0 Å². The number of amides is 1. The molecule has 1 saturated carbocycles. The zero-order chi connectivity index (χ0) is 29.3. The molecule has 3 aliphatic rings. The van der Waals surface area contributed by atoms with Crippen LogP contribution in [0.5, 0.6) is 5.75 Å². The lowest BCUT2D eigenvalue weighted by Gasteiger charge is -2.41. The lowest BCUT2D eigenvalue weighted by molar-refractivity contribution is -0.118. The third-order valence-corrected chi connectivity index (χ3v) is 12.6. The predicted octanol–water partition coefficient (Wildman–Crippen LogP) is 6.60. The van der Waals surface area contributed by atoms with Crippen LogP contribution in [0.25, 0.3) is 0 Å². The van der Waals surface area contributed by atoms with Gasteiger partial charge in [-0.05, 0) is 116 Å². The first kappa shape index (κ1) is 29.3. The van der Waals surface area contributed by atoms with E-state index in [1.54, 1.807) is 12.1 Å². The monoisotopic (exact) mass is 624 g/mol. The molecule has 9 heteroatoms. The van der Waals surface area contributed by atoms with Gasteiger partial charge in [-0.15, -0.1) is 0 Å². The zero-order valence-electron chi connectivity index (χ0n) is 23.9. The fraction of sp³-hybridized carbons (Fsp3) is 0.394. The Balaban J connectivity index is 1.40. The summed E-state index contributed by atoms with van der Waals surface area (Å²) in [5, 5.41) is 3.01. The highest BCUT2D eigenvalue weighted by Crippen LogP contribution is 2.43. The average molecular weight is 625 g/mol. The molecule has 1 unspecified atom stereocenters. The van der Waals surface area contributed by atoms with Crippen LogP contribution in [0.15, 0.2) is 70.5 Å². The van der Waals surface area contributed by atoms with Gasteiger partial charge in [-0.3, -0.25) is 4.79 Å². The van der Waals surface area contributed by atoms with Crippen LogP contribution in [0.4, 0.5) is 5.69 Å². The van der Waals surface area contributed by atoms with Gasteiger partial charge in [-0.1, -0.05) is 35.2 Å². The number of nitrogens with zero attached hydrogens (tertiary/aromatic N) is 1. The summed E-state index contributed by atoms with van der Waals surface area (Å²) in [6.45, 7) is 4.12. The van der Waals surface area contributed by atoms with E-state index in [1.165, 1.54) is 22.9 Å². The Morgan fingerprint density at radius 2 is 1.88 bits per heavy atom. The van der Waals surface area contributed by atoms with Crippen molar-refractivity contribution in [2.75, 3.05) is 23.7 Å². The highest BCUT2D eigenvalue weighted by atomic mass is 35.5. The molecular formula is C33H37ClN2O4S2. The van der Waals surface area contributed by atoms with Crippen LogP contribution < -0.4 is 14.4 Å². The van der Waals surface area contributed by atoms with Crippen molar-refractivity contribution in [3.63, 3.8) is 0 Å². The van der Waals surface area contributed by atoms with Crippen molar-refractivity contribution >= 4 is 49.1 Å². The zero-order valence-corrected chi connectivity index (χ0v) is 26.2. The molecule has 3 atom stereocenters. The summed E-state index contributed by atoms with van der Waals surface area (Å²) in [5.41, 5.74) is 3.86. The fourth-order valence-electron chi connectivity index (χ4n) is 6.27. The number of hydrogen-bond acceptors (Lipinski definition) is 5. The molecule has 0 aromatic heterocycles. The van der Waals surface area contributed by atoms with E-state index >= 15 is 0 Å². The summed E-state index contributed by atoms with van der Waals surface area (Å²) in [7, 11) is -4.12. The quantitative estimate of drug-likeness (QED) is 0.285. The lowest BCUT2D eigenvalue weighted by Crippen LogP contribution is -2.40. The molecule has 222 valence electrons. The normalized spacial score (nSPS) is 24.2. The Labute approximate surface area is 256 Å². The second-order valence-electron chi connectivity index (χ2n) is 11.5. The Hall–Kier alpha value is -2.81. The molecule has 3 aromatic carbocycles. The van der Waals surface area contributed by atoms with Gasteiger partial charge in [0, 0.05) is 23.0 Å². The molecule has 0 spiro atoms. The van der Waals surface area contributed by atoms with E-state index in [-0.39, 0.29) is 21.8 Å². The largest absolute Gasteiger partial charge is 0.487 e. The van der Waals surface area contributed by atoms with E-state index in [0.717, 1.165) is 66.4 Å². The molecule has 0 radical (unpaired) electrons. The van der Waals surface area contributed by atoms with Gasteiger partial charge in [0.05, 0.1) is 17.0 Å². The molecule has 1 N–H and O–H groups in total. The molecule has 6 nitrogen and oxygen atoms in total. The molecule has 2 aliphatic heterocycles. The van der Waals surface area contributed by atoms with Crippen molar-refractivity contribution in [2.45, 2.75) is 61.8 Å². The van der Waals surface area contributed by atoms with E-state index < -0.39 is 15.9 Å². The van der Waals surface area contributed by atoms with E-state index in [4.69, 9.17) is 16.3 Å². The number of ether oxygens (including phenoxy) is 1. The molecule has 1 fully saturated rings. The van der Waals surface area contributed by atoms with Gasteiger partial charge in [0.25, 0.3) is 10.0 Å². The average Bonchev–Trinajstić information content (AvgIpc) is 2.98. The number of aryl methyl sites for hydroxylation is 1. The summed E-state index contributed by atoms with van der Waals surface area (Å²) >= 11 is 6.32. The van der Waals surface area contributed by atoms with Crippen LogP contribution in [0.2, 0.25) is 5.02 Å². The second kappa shape index (κ2) is 12.4. The number of carbonyl (C=O) groups is 1. The van der Waals surface area contributed by atoms with Gasteiger partial charge < -0.3 is 9.64 Å². The van der Waals surface area contributed by atoms with E-state index in [9.17, 15) is 13.2 Å². The number of benzene rings is 3. The maximum atomic E-state index is 13.5. The van der Waals surface area contributed by atoms with E-state index in [1.807, 2.05) is 30.3 Å².